The highest BCUT2D eigenvalue weighted by Crippen LogP contribution is 2.22. The fraction of sp³-hybridized carbons (Fsp3) is 0.419. The lowest BCUT2D eigenvalue weighted by Gasteiger charge is -2.37. The van der Waals surface area contributed by atoms with Crippen LogP contribution < -0.4 is 0 Å². The predicted molar refractivity (Wildman–Crippen MR) is 153 cm³/mol. The second-order valence-corrected chi connectivity index (χ2v) is 15.9. The van der Waals surface area contributed by atoms with Crippen LogP contribution in [-0.4, -0.2) is 70.2 Å². The molecule has 6 nitrogen and oxygen atoms in total. The van der Waals surface area contributed by atoms with Crippen LogP contribution >= 0.6 is 0 Å². The molecular formula is C31H36F2N2O4Si. The summed E-state index contributed by atoms with van der Waals surface area (Å²) in [5.74, 6) is 4.15. The molecule has 2 aliphatic rings. The molecular weight excluding hydrogens is 530 g/mol. The minimum atomic E-state index is -1.50. The van der Waals surface area contributed by atoms with Crippen molar-refractivity contribution < 1.29 is 27.8 Å². The molecule has 212 valence electrons. The smallest absolute Gasteiger partial charge is 0.311 e. The Bertz CT molecular complexity index is 1330. The van der Waals surface area contributed by atoms with Crippen molar-refractivity contribution in [3.63, 3.8) is 0 Å². The van der Waals surface area contributed by atoms with Gasteiger partial charge in [0.2, 0.25) is 0 Å². The fourth-order valence-corrected chi connectivity index (χ4v) is 4.84. The number of methoxy groups -OCH3 is 2. The number of carbonyl (C=O) groups excluding carboxylic acids is 2. The van der Waals surface area contributed by atoms with Gasteiger partial charge in [0.15, 0.2) is 0 Å². The Morgan fingerprint density at radius 2 is 1.27 bits per heavy atom. The molecule has 40 heavy (non-hydrogen) atoms. The number of esters is 2. The van der Waals surface area contributed by atoms with Crippen LogP contribution in [0.15, 0.2) is 36.4 Å². The number of halogens is 2. The van der Waals surface area contributed by atoms with E-state index in [1.54, 1.807) is 18.2 Å². The van der Waals surface area contributed by atoms with Crippen LogP contribution in [0.5, 0.6) is 0 Å². The lowest BCUT2D eigenvalue weighted by atomic mass is 9.99. The minimum absolute atomic E-state index is 0.0447. The van der Waals surface area contributed by atoms with Crippen molar-refractivity contribution in [1.29, 1.82) is 0 Å². The Hall–Kier alpha value is -3.50. The van der Waals surface area contributed by atoms with Gasteiger partial charge >= 0.3 is 11.9 Å². The molecule has 2 aromatic carbocycles. The van der Waals surface area contributed by atoms with Gasteiger partial charge in [-0.05, 0) is 35.4 Å². The molecule has 2 aromatic rings. The highest BCUT2D eigenvalue weighted by Gasteiger charge is 2.34. The second-order valence-electron chi connectivity index (χ2n) is 11.1. The lowest BCUT2D eigenvalue weighted by Crippen LogP contribution is -2.49. The van der Waals surface area contributed by atoms with Gasteiger partial charge in [0.1, 0.15) is 19.7 Å². The third-order valence-corrected chi connectivity index (χ3v) is 7.47. The molecule has 9 heteroatoms. The molecule has 0 spiro atoms. The highest BCUT2D eigenvalue weighted by atomic mass is 28.3. The van der Waals surface area contributed by atoms with Crippen LogP contribution in [0.25, 0.3) is 0 Å². The van der Waals surface area contributed by atoms with Crippen LogP contribution in [0.1, 0.15) is 22.3 Å². The molecule has 2 saturated heterocycles. The molecule has 2 heterocycles. The topological polar surface area (TPSA) is 59.1 Å². The fourth-order valence-electron chi connectivity index (χ4n) is 4.33. The summed E-state index contributed by atoms with van der Waals surface area (Å²) in [4.78, 5) is 26.7. The molecule has 0 aromatic heterocycles. The number of terminal acetylenes is 1. The zero-order valence-electron chi connectivity index (χ0n) is 23.7. The molecule has 0 aliphatic carbocycles. The lowest BCUT2D eigenvalue weighted by molar-refractivity contribution is -0.152. The first-order chi connectivity index (χ1) is 18.9. The normalized spacial score (nSPS) is 15.8. The summed E-state index contributed by atoms with van der Waals surface area (Å²) >= 11 is 0. The van der Waals surface area contributed by atoms with E-state index in [2.05, 4.69) is 51.6 Å². The number of hydrogen-bond donors (Lipinski definition) is 0. The van der Waals surface area contributed by atoms with Gasteiger partial charge < -0.3 is 9.47 Å². The van der Waals surface area contributed by atoms with Gasteiger partial charge in [0, 0.05) is 39.3 Å². The van der Waals surface area contributed by atoms with E-state index in [0.29, 0.717) is 44.8 Å². The highest BCUT2D eigenvalue weighted by molar-refractivity contribution is 6.83. The van der Waals surface area contributed by atoms with E-state index in [-0.39, 0.29) is 41.0 Å². The maximum absolute atomic E-state index is 14.1. The SMILES string of the molecule is C#Cc1ccc(CN2CC(C(=O)OC)C2)cc1F.COC(=O)C1CN(Cc2ccc(C#C[Si](C)(C)C)c(F)c2)C1. The number of nitrogens with zero attached hydrogens (tertiary/aromatic N) is 2. The first kappa shape index (κ1) is 31.0. The zero-order valence-corrected chi connectivity index (χ0v) is 24.7. The summed E-state index contributed by atoms with van der Waals surface area (Å²) in [6, 6.07) is 10.0. The average Bonchev–Trinajstić information content (AvgIpc) is 2.86. The van der Waals surface area contributed by atoms with Gasteiger partial charge in [0.25, 0.3) is 0 Å². The number of likely N-dealkylation sites (tertiary alicyclic amines) is 2. The van der Waals surface area contributed by atoms with Crippen molar-refractivity contribution in [3.8, 4) is 23.8 Å². The third kappa shape index (κ3) is 8.75. The molecule has 0 N–H and O–H groups in total. The molecule has 0 atom stereocenters. The van der Waals surface area contributed by atoms with Gasteiger partial charge in [-0.2, -0.15) is 0 Å². The van der Waals surface area contributed by atoms with Crippen molar-refractivity contribution in [3.05, 3.63) is 70.3 Å². The standard InChI is InChI=1S/C17H22FNO2Si.C14H14FNO2/c1-21-17(20)15-11-19(12-15)10-13-5-6-14(16(18)9-13)7-8-22(2,3)4;1-3-11-5-4-10(6-13(11)15)7-16-8-12(9-16)14(17)18-2/h5-6,9,15H,10-12H2,1-4H3;1,4-6,12H,7-9H2,2H3. The number of rotatable bonds is 6. The van der Waals surface area contributed by atoms with Gasteiger partial charge in [-0.3, -0.25) is 19.4 Å². The summed E-state index contributed by atoms with van der Waals surface area (Å²) in [7, 11) is 1.29. The van der Waals surface area contributed by atoms with Crippen LogP contribution in [-0.2, 0) is 32.2 Å². The first-order valence-corrected chi connectivity index (χ1v) is 16.6. The van der Waals surface area contributed by atoms with Crippen molar-refractivity contribution in [1.82, 2.24) is 9.80 Å². The van der Waals surface area contributed by atoms with E-state index < -0.39 is 8.07 Å². The first-order valence-electron chi connectivity index (χ1n) is 13.1. The molecule has 0 unspecified atom stereocenters. The molecule has 2 aliphatic heterocycles. The van der Waals surface area contributed by atoms with E-state index in [1.165, 1.54) is 20.3 Å². The zero-order chi connectivity index (χ0) is 29.4. The van der Waals surface area contributed by atoms with Crippen molar-refractivity contribution >= 4 is 20.0 Å². The summed E-state index contributed by atoms with van der Waals surface area (Å²) < 4.78 is 36.9. The van der Waals surface area contributed by atoms with Crippen molar-refractivity contribution in [2.45, 2.75) is 32.7 Å². The number of carbonyl (C=O) groups is 2. The summed E-state index contributed by atoms with van der Waals surface area (Å²) in [5, 5.41) is 0. The van der Waals surface area contributed by atoms with Gasteiger partial charge in [-0.15, -0.1) is 12.0 Å². The maximum Gasteiger partial charge on any atom is 0.311 e. The van der Waals surface area contributed by atoms with Gasteiger partial charge in [0.05, 0.1) is 37.2 Å². The Morgan fingerprint density at radius 1 is 0.850 bits per heavy atom. The number of benzene rings is 2. The van der Waals surface area contributed by atoms with Gasteiger partial charge in [-0.1, -0.05) is 43.6 Å². The quantitative estimate of drug-likeness (QED) is 0.299. The maximum atomic E-state index is 14.1. The molecule has 0 amide bonds. The summed E-state index contributed by atoms with van der Waals surface area (Å²) in [5.41, 5.74) is 5.67. The van der Waals surface area contributed by atoms with E-state index in [0.717, 1.165) is 11.1 Å². The summed E-state index contributed by atoms with van der Waals surface area (Å²) in [6.45, 7) is 10.3. The van der Waals surface area contributed by atoms with Crippen molar-refractivity contribution in [2.75, 3.05) is 40.4 Å². The second kappa shape index (κ2) is 13.7. The average molecular weight is 567 g/mol. The number of ether oxygens (including phenoxy) is 2. The Balaban J connectivity index is 0.000000225. The van der Waals surface area contributed by atoms with E-state index >= 15 is 0 Å². The van der Waals surface area contributed by atoms with E-state index in [1.807, 2.05) is 12.1 Å². The number of hydrogen-bond acceptors (Lipinski definition) is 6. The van der Waals surface area contributed by atoms with Crippen LogP contribution in [0.3, 0.4) is 0 Å². The molecule has 0 saturated carbocycles. The molecule has 4 rings (SSSR count). The summed E-state index contributed by atoms with van der Waals surface area (Å²) in [6.07, 6.45) is 5.15. The Labute approximate surface area is 236 Å². The molecule has 0 radical (unpaired) electrons. The molecule has 0 bridgehead atoms. The molecule has 2 fully saturated rings. The Morgan fingerprint density at radius 3 is 1.62 bits per heavy atom. The van der Waals surface area contributed by atoms with E-state index in [4.69, 9.17) is 11.2 Å². The van der Waals surface area contributed by atoms with Gasteiger partial charge in [-0.25, -0.2) is 8.78 Å². The third-order valence-electron chi connectivity index (χ3n) is 6.59. The van der Waals surface area contributed by atoms with Crippen molar-refractivity contribution in [2.24, 2.45) is 11.8 Å². The van der Waals surface area contributed by atoms with E-state index in [9.17, 15) is 18.4 Å². The van der Waals surface area contributed by atoms with Crippen LogP contribution in [0.2, 0.25) is 19.6 Å². The predicted octanol–water partition coefficient (Wildman–Crippen LogP) is 4.07. The monoisotopic (exact) mass is 566 g/mol. The largest absolute Gasteiger partial charge is 0.469 e. The van der Waals surface area contributed by atoms with Crippen LogP contribution in [0.4, 0.5) is 8.78 Å². The van der Waals surface area contributed by atoms with Crippen LogP contribution in [0, 0.1) is 47.3 Å². The Kier molecular flexibility index (Phi) is 10.6. The minimum Gasteiger partial charge on any atom is -0.469 e.